The molecule has 0 spiro atoms. The number of hydrogen-bond donors (Lipinski definition) is 3. The van der Waals surface area contributed by atoms with Crippen molar-refractivity contribution in [2.24, 2.45) is 5.92 Å². The molecule has 1 rings (SSSR count). The lowest BCUT2D eigenvalue weighted by molar-refractivity contribution is 0.0445. The Bertz CT molecular complexity index is 329. The predicted molar refractivity (Wildman–Crippen MR) is 91.1 cm³/mol. The molecule has 1 aliphatic heterocycles. The second kappa shape index (κ2) is 8.73. The molecule has 1 saturated heterocycles. The number of piperidine rings is 1. The van der Waals surface area contributed by atoms with E-state index in [4.69, 9.17) is 4.74 Å². The van der Waals surface area contributed by atoms with E-state index in [9.17, 15) is 4.79 Å². The van der Waals surface area contributed by atoms with E-state index in [1.54, 1.807) is 0 Å². The second-order valence-corrected chi connectivity index (χ2v) is 7.46. The van der Waals surface area contributed by atoms with Crippen LogP contribution in [0.2, 0.25) is 0 Å². The van der Waals surface area contributed by atoms with Crippen molar-refractivity contribution in [1.29, 1.82) is 0 Å². The fraction of sp³-hybridized carbons (Fsp3) is 0.941. The molecule has 0 bridgehead atoms. The van der Waals surface area contributed by atoms with E-state index in [0.29, 0.717) is 5.92 Å². The van der Waals surface area contributed by atoms with Crippen LogP contribution in [0.3, 0.4) is 0 Å². The summed E-state index contributed by atoms with van der Waals surface area (Å²) in [4.78, 5) is 12.1. The molecule has 0 aromatic carbocycles. The smallest absolute Gasteiger partial charge is 0.408 e. The van der Waals surface area contributed by atoms with Crippen LogP contribution in [0.1, 0.15) is 60.3 Å². The van der Waals surface area contributed by atoms with Gasteiger partial charge in [0.2, 0.25) is 0 Å². The zero-order chi connectivity index (χ0) is 16.6. The van der Waals surface area contributed by atoms with Gasteiger partial charge in [0.05, 0.1) is 5.54 Å². The SMILES string of the molecule is CCC(CC)(CNCC1CCCNC1)NC(=O)OC(C)(C)C. The zero-order valence-corrected chi connectivity index (χ0v) is 15.1. The number of amides is 1. The molecular formula is C17H35N3O2. The molecular weight excluding hydrogens is 278 g/mol. The minimum Gasteiger partial charge on any atom is -0.444 e. The Kier molecular flexibility index (Phi) is 7.63. The lowest BCUT2D eigenvalue weighted by atomic mass is 9.92. The summed E-state index contributed by atoms with van der Waals surface area (Å²) in [5.41, 5.74) is -0.692. The van der Waals surface area contributed by atoms with Crippen molar-refractivity contribution in [1.82, 2.24) is 16.0 Å². The van der Waals surface area contributed by atoms with Crippen LogP contribution in [-0.2, 0) is 4.74 Å². The van der Waals surface area contributed by atoms with E-state index in [1.807, 2.05) is 20.8 Å². The zero-order valence-electron chi connectivity index (χ0n) is 15.1. The van der Waals surface area contributed by atoms with Gasteiger partial charge in [0, 0.05) is 6.54 Å². The molecule has 1 fully saturated rings. The fourth-order valence-electron chi connectivity index (χ4n) is 2.85. The van der Waals surface area contributed by atoms with Crippen LogP contribution in [-0.4, -0.2) is 43.4 Å². The lowest BCUT2D eigenvalue weighted by Crippen LogP contribution is -2.55. The third-order valence-corrected chi connectivity index (χ3v) is 4.42. The molecule has 1 atom stereocenters. The number of carbonyl (C=O) groups is 1. The Hall–Kier alpha value is -0.810. The number of hydrogen-bond acceptors (Lipinski definition) is 4. The maximum absolute atomic E-state index is 12.1. The molecule has 0 radical (unpaired) electrons. The predicted octanol–water partition coefficient (Wildman–Crippen LogP) is 2.66. The van der Waals surface area contributed by atoms with Crippen molar-refractivity contribution in [3.8, 4) is 0 Å². The summed E-state index contributed by atoms with van der Waals surface area (Å²) in [7, 11) is 0. The number of rotatable bonds is 7. The highest BCUT2D eigenvalue weighted by Gasteiger charge is 2.30. The largest absolute Gasteiger partial charge is 0.444 e. The average molecular weight is 313 g/mol. The molecule has 1 amide bonds. The Balaban J connectivity index is 2.45. The molecule has 5 heteroatoms. The van der Waals surface area contributed by atoms with Crippen molar-refractivity contribution in [2.75, 3.05) is 26.2 Å². The van der Waals surface area contributed by atoms with Gasteiger partial charge < -0.3 is 20.7 Å². The molecule has 1 unspecified atom stereocenters. The first-order valence-electron chi connectivity index (χ1n) is 8.73. The molecule has 1 heterocycles. The van der Waals surface area contributed by atoms with Crippen LogP contribution >= 0.6 is 0 Å². The number of carbonyl (C=O) groups excluding carboxylic acids is 1. The lowest BCUT2D eigenvalue weighted by Gasteiger charge is -2.35. The van der Waals surface area contributed by atoms with Gasteiger partial charge in [-0.15, -0.1) is 0 Å². The van der Waals surface area contributed by atoms with E-state index in [2.05, 4.69) is 29.8 Å². The van der Waals surface area contributed by atoms with Crippen LogP contribution in [0.25, 0.3) is 0 Å². The monoisotopic (exact) mass is 313 g/mol. The molecule has 0 aliphatic carbocycles. The van der Waals surface area contributed by atoms with Crippen molar-refractivity contribution in [3.63, 3.8) is 0 Å². The molecule has 22 heavy (non-hydrogen) atoms. The van der Waals surface area contributed by atoms with Crippen molar-refractivity contribution < 1.29 is 9.53 Å². The number of ether oxygens (including phenoxy) is 1. The summed E-state index contributed by atoms with van der Waals surface area (Å²) in [5.74, 6) is 0.696. The van der Waals surface area contributed by atoms with E-state index in [1.165, 1.54) is 12.8 Å². The van der Waals surface area contributed by atoms with E-state index in [0.717, 1.165) is 39.0 Å². The number of alkyl carbamates (subject to hydrolysis) is 1. The van der Waals surface area contributed by atoms with Gasteiger partial charge >= 0.3 is 6.09 Å². The van der Waals surface area contributed by atoms with Gasteiger partial charge in [-0.3, -0.25) is 0 Å². The maximum atomic E-state index is 12.1. The van der Waals surface area contributed by atoms with Crippen LogP contribution < -0.4 is 16.0 Å². The summed E-state index contributed by atoms with van der Waals surface area (Å²) < 4.78 is 5.41. The Labute approximate surface area is 135 Å². The topological polar surface area (TPSA) is 62.4 Å². The Morgan fingerprint density at radius 1 is 1.27 bits per heavy atom. The minimum atomic E-state index is -0.460. The van der Waals surface area contributed by atoms with Crippen molar-refractivity contribution in [3.05, 3.63) is 0 Å². The molecule has 0 aromatic rings. The molecule has 3 N–H and O–H groups in total. The van der Waals surface area contributed by atoms with Crippen molar-refractivity contribution >= 4 is 6.09 Å². The average Bonchev–Trinajstić information content (AvgIpc) is 2.45. The summed E-state index contributed by atoms with van der Waals surface area (Å²) in [6.07, 6.45) is 3.99. The molecule has 0 saturated carbocycles. The molecule has 0 aromatic heterocycles. The first-order valence-corrected chi connectivity index (χ1v) is 8.73. The first-order chi connectivity index (χ1) is 10.3. The maximum Gasteiger partial charge on any atom is 0.408 e. The number of nitrogens with one attached hydrogen (secondary N) is 3. The summed E-state index contributed by atoms with van der Waals surface area (Å²) in [6.45, 7) is 13.9. The van der Waals surface area contributed by atoms with Gasteiger partial charge in [0.15, 0.2) is 0 Å². The summed E-state index contributed by atoms with van der Waals surface area (Å²) >= 11 is 0. The van der Waals surface area contributed by atoms with Gasteiger partial charge in [-0.05, 0) is 72.0 Å². The van der Waals surface area contributed by atoms with Crippen LogP contribution in [0, 0.1) is 5.92 Å². The third kappa shape index (κ3) is 6.97. The van der Waals surface area contributed by atoms with Crippen LogP contribution in [0.5, 0.6) is 0 Å². The van der Waals surface area contributed by atoms with Crippen LogP contribution in [0.4, 0.5) is 4.79 Å². The molecule has 130 valence electrons. The Morgan fingerprint density at radius 3 is 2.45 bits per heavy atom. The fourth-order valence-corrected chi connectivity index (χ4v) is 2.85. The third-order valence-electron chi connectivity index (χ3n) is 4.42. The first kappa shape index (κ1) is 19.2. The normalized spacial score (nSPS) is 19.8. The van der Waals surface area contributed by atoms with Gasteiger partial charge in [0.1, 0.15) is 5.60 Å². The van der Waals surface area contributed by atoms with E-state index in [-0.39, 0.29) is 11.6 Å². The minimum absolute atomic E-state index is 0.232. The van der Waals surface area contributed by atoms with E-state index < -0.39 is 5.60 Å². The highest BCUT2D eigenvalue weighted by atomic mass is 16.6. The molecule has 5 nitrogen and oxygen atoms in total. The molecule has 1 aliphatic rings. The second-order valence-electron chi connectivity index (χ2n) is 7.46. The van der Waals surface area contributed by atoms with Gasteiger partial charge in [-0.25, -0.2) is 4.79 Å². The van der Waals surface area contributed by atoms with Gasteiger partial charge in [-0.2, -0.15) is 0 Å². The summed E-state index contributed by atoms with van der Waals surface area (Å²) in [5, 5.41) is 10.1. The van der Waals surface area contributed by atoms with Crippen LogP contribution in [0.15, 0.2) is 0 Å². The standard InChI is InChI=1S/C17H35N3O2/c1-6-17(7-2,20-15(21)22-16(3,4)5)13-19-12-14-9-8-10-18-11-14/h14,18-19H,6-13H2,1-5H3,(H,20,21). The van der Waals surface area contributed by atoms with Crippen molar-refractivity contribution in [2.45, 2.75) is 71.4 Å². The quantitative estimate of drug-likeness (QED) is 0.676. The Morgan fingerprint density at radius 2 is 1.95 bits per heavy atom. The van der Waals surface area contributed by atoms with Gasteiger partial charge in [0.25, 0.3) is 0 Å². The highest BCUT2D eigenvalue weighted by molar-refractivity contribution is 5.68. The van der Waals surface area contributed by atoms with Gasteiger partial charge in [-0.1, -0.05) is 13.8 Å². The summed E-state index contributed by atoms with van der Waals surface area (Å²) in [6, 6.07) is 0. The highest BCUT2D eigenvalue weighted by Crippen LogP contribution is 2.17. The van der Waals surface area contributed by atoms with E-state index >= 15 is 0 Å².